The molecule has 3 rings (SSSR count). The number of hydrogen-bond donors (Lipinski definition) is 1. The van der Waals surface area contributed by atoms with E-state index >= 15 is 0 Å². The van der Waals surface area contributed by atoms with E-state index in [0.717, 1.165) is 21.3 Å². The van der Waals surface area contributed by atoms with Crippen molar-refractivity contribution in [2.75, 3.05) is 0 Å². The number of rotatable bonds is 6. The van der Waals surface area contributed by atoms with Gasteiger partial charge in [-0.25, -0.2) is 5.43 Å². The summed E-state index contributed by atoms with van der Waals surface area (Å²) in [6.45, 7) is 0.525. The SMILES string of the molecule is O=C(NN=Cc1ccc(OCc2ccccc2)cc1)c1ccc(Br)cc1. The van der Waals surface area contributed by atoms with Gasteiger partial charge >= 0.3 is 0 Å². The van der Waals surface area contributed by atoms with Crippen LogP contribution in [0.2, 0.25) is 0 Å². The largest absolute Gasteiger partial charge is 0.489 e. The first-order chi connectivity index (χ1) is 12.7. The summed E-state index contributed by atoms with van der Waals surface area (Å²) in [5, 5.41) is 3.99. The average molecular weight is 409 g/mol. The zero-order valence-electron chi connectivity index (χ0n) is 13.9. The Kier molecular flexibility index (Phi) is 6.17. The molecule has 0 radical (unpaired) electrons. The van der Waals surface area contributed by atoms with Crippen LogP contribution in [0.15, 0.2) is 88.4 Å². The third-order valence-electron chi connectivity index (χ3n) is 3.61. The molecule has 3 aromatic rings. The summed E-state index contributed by atoms with van der Waals surface area (Å²) in [4.78, 5) is 12.0. The minimum absolute atomic E-state index is 0.253. The number of nitrogens with one attached hydrogen (secondary N) is 1. The zero-order valence-corrected chi connectivity index (χ0v) is 15.5. The van der Waals surface area contributed by atoms with Crippen LogP contribution in [0.3, 0.4) is 0 Å². The van der Waals surface area contributed by atoms with Crippen LogP contribution in [-0.2, 0) is 6.61 Å². The Hall–Kier alpha value is -2.92. The number of hydrazone groups is 1. The second-order valence-corrected chi connectivity index (χ2v) is 6.47. The Balaban J connectivity index is 1.51. The lowest BCUT2D eigenvalue weighted by atomic mass is 10.2. The maximum absolute atomic E-state index is 12.0. The molecular formula is C21H17BrN2O2. The van der Waals surface area contributed by atoms with Crippen LogP contribution >= 0.6 is 15.9 Å². The van der Waals surface area contributed by atoms with E-state index < -0.39 is 0 Å². The number of benzene rings is 3. The topological polar surface area (TPSA) is 50.7 Å². The minimum Gasteiger partial charge on any atom is -0.489 e. The van der Waals surface area contributed by atoms with Crippen molar-refractivity contribution in [2.24, 2.45) is 5.10 Å². The van der Waals surface area contributed by atoms with Crippen LogP contribution in [-0.4, -0.2) is 12.1 Å². The van der Waals surface area contributed by atoms with Gasteiger partial charge in [-0.05, 0) is 59.7 Å². The van der Waals surface area contributed by atoms with Crippen molar-refractivity contribution in [3.05, 3.63) is 100 Å². The molecular weight excluding hydrogens is 392 g/mol. The maximum Gasteiger partial charge on any atom is 0.271 e. The second-order valence-electron chi connectivity index (χ2n) is 5.55. The van der Waals surface area contributed by atoms with Crippen molar-refractivity contribution < 1.29 is 9.53 Å². The van der Waals surface area contributed by atoms with E-state index in [4.69, 9.17) is 4.74 Å². The van der Waals surface area contributed by atoms with Crippen LogP contribution in [0.5, 0.6) is 5.75 Å². The lowest BCUT2D eigenvalue weighted by Crippen LogP contribution is -2.17. The molecule has 5 heteroatoms. The molecule has 0 heterocycles. The van der Waals surface area contributed by atoms with Crippen LogP contribution in [0.4, 0.5) is 0 Å². The molecule has 0 aliphatic heterocycles. The van der Waals surface area contributed by atoms with E-state index in [1.54, 1.807) is 18.3 Å². The first-order valence-corrected chi connectivity index (χ1v) is 8.86. The molecule has 0 aliphatic rings. The van der Waals surface area contributed by atoms with Crippen molar-refractivity contribution in [2.45, 2.75) is 6.61 Å². The molecule has 0 aliphatic carbocycles. The van der Waals surface area contributed by atoms with Crippen molar-refractivity contribution in [1.29, 1.82) is 0 Å². The van der Waals surface area contributed by atoms with Gasteiger partial charge in [0.15, 0.2) is 0 Å². The van der Waals surface area contributed by atoms with Crippen LogP contribution in [0.25, 0.3) is 0 Å². The summed E-state index contributed by atoms with van der Waals surface area (Å²) in [5.74, 6) is 0.529. The van der Waals surface area contributed by atoms with E-state index in [9.17, 15) is 4.79 Å². The highest BCUT2D eigenvalue weighted by Crippen LogP contribution is 2.13. The number of hydrogen-bond acceptors (Lipinski definition) is 3. The van der Waals surface area contributed by atoms with Gasteiger partial charge in [0, 0.05) is 10.0 Å². The number of nitrogens with zero attached hydrogens (tertiary/aromatic N) is 1. The standard InChI is InChI=1S/C21H17BrN2O2/c22-19-10-8-18(9-11-19)21(25)24-23-14-16-6-12-20(13-7-16)26-15-17-4-2-1-3-5-17/h1-14H,15H2,(H,24,25). The van der Waals surface area contributed by atoms with Gasteiger partial charge in [0.25, 0.3) is 5.91 Å². The van der Waals surface area contributed by atoms with E-state index in [0.29, 0.717) is 12.2 Å². The molecule has 4 nitrogen and oxygen atoms in total. The van der Waals surface area contributed by atoms with Crippen LogP contribution in [0.1, 0.15) is 21.5 Å². The van der Waals surface area contributed by atoms with Gasteiger partial charge < -0.3 is 4.74 Å². The van der Waals surface area contributed by atoms with Gasteiger partial charge in [-0.1, -0.05) is 46.3 Å². The Labute approximate surface area is 160 Å². The highest BCUT2D eigenvalue weighted by molar-refractivity contribution is 9.10. The molecule has 26 heavy (non-hydrogen) atoms. The highest BCUT2D eigenvalue weighted by Gasteiger charge is 2.03. The van der Waals surface area contributed by atoms with Crippen molar-refractivity contribution in [1.82, 2.24) is 5.43 Å². The summed E-state index contributed by atoms with van der Waals surface area (Å²) < 4.78 is 6.66. The zero-order chi connectivity index (χ0) is 18.2. The first kappa shape index (κ1) is 17.9. The quantitative estimate of drug-likeness (QED) is 0.470. The number of amides is 1. The predicted molar refractivity (Wildman–Crippen MR) is 106 cm³/mol. The molecule has 0 atom stereocenters. The molecule has 1 amide bonds. The molecule has 0 spiro atoms. The van der Waals surface area contributed by atoms with Crippen molar-refractivity contribution in [3.63, 3.8) is 0 Å². The fraction of sp³-hybridized carbons (Fsp3) is 0.0476. The summed E-state index contributed by atoms with van der Waals surface area (Å²) >= 11 is 3.34. The Bertz CT molecular complexity index is 876. The molecule has 0 saturated carbocycles. The molecule has 0 unspecified atom stereocenters. The molecule has 0 fully saturated rings. The van der Waals surface area contributed by atoms with E-state index in [2.05, 4.69) is 26.5 Å². The predicted octanol–water partition coefficient (Wildman–Crippen LogP) is 4.79. The summed E-state index contributed by atoms with van der Waals surface area (Å²) in [6, 6.07) is 24.6. The summed E-state index contributed by atoms with van der Waals surface area (Å²) in [5.41, 5.74) is 5.05. The fourth-order valence-corrected chi connectivity index (χ4v) is 2.49. The van der Waals surface area contributed by atoms with Gasteiger partial charge in [-0.3, -0.25) is 4.79 Å². The Morgan fingerprint density at radius 3 is 2.35 bits per heavy atom. The van der Waals surface area contributed by atoms with Gasteiger partial charge in [0.1, 0.15) is 12.4 Å². The van der Waals surface area contributed by atoms with Gasteiger partial charge in [0.05, 0.1) is 6.21 Å². The fourth-order valence-electron chi connectivity index (χ4n) is 2.22. The molecule has 1 N–H and O–H groups in total. The van der Waals surface area contributed by atoms with Crippen LogP contribution < -0.4 is 10.2 Å². The number of ether oxygens (including phenoxy) is 1. The van der Waals surface area contributed by atoms with Crippen molar-refractivity contribution in [3.8, 4) is 5.75 Å². The minimum atomic E-state index is -0.253. The van der Waals surface area contributed by atoms with Gasteiger partial charge in [-0.2, -0.15) is 5.10 Å². The average Bonchev–Trinajstić information content (AvgIpc) is 2.68. The lowest BCUT2D eigenvalue weighted by Gasteiger charge is -2.06. The molecule has 3 aromatic carbocycles. The Morgan fingerprint density at radius 2 is 1.65 bits per heavy atom. The van der Waals surface area contributed by atoms with Gasteiger partial charge in [-0.15, -0.1) is 0 Å². The molecule has 130 valence electrons. The third kappa shape index (κ3) is 5.29. The Morgan fingerprint density at radius 1 is 0.962 bits per heavy atom. The summed E-state index contributed by atoms with van der Waals surface area (Å²) in [7, 11) is 0. The monoisotopic (exact) mass is 408 g/mol. The highest BCUT2D eigenvalue weighted by atomic mass is 79.9. The van der Waals surface area contributed by atoms with E-state index in [1.165, 1.54) is 0 Å². The molecule has 0 saturated heterocycles. The second kappa shape index (κ2) is 8.97. The normalized spacial score (nSPS) is 10.7. The number of halogens is 1. The van der Waals surface area contributed by atoms with E-state index in [-0.39, 0.29) is 5.91 Å². The number of carbonyl (C=O) groups excluding carboxylic acids is 1. The maximum atomic E-state index is 12.0. The molecule has 0 aromatic heterocycles. The third-order valence-corrected chi connectivity index (χ3v) is 4.14. The van der Waals surface area contributed by atoms with Gasteiger partial charge in [0.2, 0.25) is 0 Å². The van der Waals surface area contributed by atoms with Crippen LogP contribution in [0, 0.1) is 0 Å². The lowest BCUT2D eigenvalue weighted by molar-refractivity contribution is 0.0955. The first-order valence-electron chi connectivity index (χ1n) is 8.06. The van der Waals surface area contributed by atoms with E-state index in [1.807, 2.05) is 66.7 Å². The number of carbonyl (C=O) groups is 1. The smallest absolute Gasteiger partial charge is 0.271 e. The molecule has 0 bridgehead atoms. The van der Waals surface area contributed by atoms with Crippen molar-refractivity contribution >= 4 is 28.1 Å². The summed E-state index contributed by atoms with van der Waals surface area (Å²) in [6.07, 6.45) is 1.59.